The smallest absolute Gasteiger partial charge is 0.125 e. The third kappa shape index (κ3) is 2.82. The van der Waals surface area contributed by atoms with Crippen LogP contribution in [-0.2, 0) is 5.60 Å². The largest absolute Gasteiger partial charge is 0.383 e. The Morgan fingerprint density at radius 3 is 2.57 bits per heavy atom. The van der Waals surface area contributed by atoms with Gasteiger partial charge in [0.1, 0.15) is 10.6 Å². The Hall–Kier alpha value is -1.98. The van der Waals surface area contributed by atoms with Crippen molar-refractivity contribution in [3.8, 4) is 10.6 Å². The maximum atomic E-state index is 11.0. The van der Waals surface area contributed by atoms with E-state index in [1.54, 1.807) is 17.5 Å². The first-order valence-corrected chi connectivity index (χ1v) is 8.79. The lowest BCUT2D eigenvalue weighted by Gasteiger charge is -2.35. The van der Waals surface area contributed by atoms with Crippen LogP contribution in [0.3, 0.4) is 0 Å². The molecule has 5 heteroatoms. The van der Waals surface area contributed by atoms with E-state index in [0.717, 1.165) is 41.3 Å². The van der Waals surface area contributed by atoms with Gasteiger partial charge in [0, 0.05) is 30.8 Å². The predicted molar refractivity (Wildman–Crippen MR) is 91.2 cm³/mol. The SMILES string of the molecule is OC1(c2ncc(-c3ccccn3)s2)CCC(n2cccc2)CC1. The molecule has 1 aliphatic rings. The van der Waals surface area contributed by atoms with Crippen molar-refractivity contribution in [1.29, 1.82) is 0 Å². The average Bonchev–Trinajstić information content (AvgIpc) is 3.29. The molecule has 23 heavy (non-hydrogen) atoms. The number of hydrogen-bond acceptors (Lipinski definition) is 4. The van der Waals surface area contributed by atoms with Gasteiger partial charge in [0.2, 0.25) is 0 Å². The fourth-order valence-electron chi connectivity index (χ4n) is 3.30. The zero-order valence-corrected chi connectivity index (χ0v) is 13.6. The summed E-state index contributed by atoms with van der Waals surface area (Å²) in [6.07, 6.45) is 11.3. The predicted octanol–water partition coefficient (Wildman–Crippen LogP) is 4.01. The molecule has 0 amide bonds. The molecule has 4 rings (SSSR count). The van der Waals surface area contributed by atoms with Crippen LogP contribution in [0.1, 0.15) is 36.7 Å². The van der Waals surface area contributed by atoms with Crippen molar-refractivity contribution in [1.82, 2.24) is 14.5 Å². The molecule has 0 bridgehead atoms. The minimum atomic E-state index is -0.790. The average molecular weight is 325 g/mol. The number of rotatable bonds is 3. The number of nitrogens with zero attached hydrogens (tertiary/aromatic N) is 3. The molecule has 1 fully saturated rings. The summed E-state index contributed by atoms with van der Waals surface area (Å²) in [7, 11) is 0. The van der Waals surface area contributed by atoms with Crippen LogP contribution in [0.15, 0.2) is 55.1 Å². The van der Waals surface area contributed by atoms with Crippen LogP contribution in [0.5, 0.6) is 0 Å². The van der Waals surface area contributed by atoms with E-state index in [1.807, 2.05) is 24.4 Å². The van der Waals surface area contributed by atoms with Crippen molar-refractivity contribution >= 4 is 11.3 Å². The summed E-state index contributed by atoms with van der Waals surface area (Å²) in [6.45, 7) is 0. The first-order chi connectivity index (χ1) is 11.2. The lowest BCUT2D eigenvalue weighted by atomic mass is 9.82. The quantitative estimate of drug-likeness (QED) is 0.791. The normalized spacial score (nSPS) is 24.7. The minimum Gasteiger partial charge on any atom is -0.383 e. The second-order valence-electron chi connectivity index (χ2n) is 6.14. The molecular weight excluding hydrogens is 306 g/mol. The van der Waals surface area contributed by atoms with Crippen molar-refractivity contribution in [2.75, 3.05) is 0 Å². The number of aromatic nitrogens is 3. The van der Waals surface area contributed by atoms with Crippen molar-refractivity contribution in [3.05, 3.63) is 60.1 Å². The molecular formula is C18H19N3OS. The fraction of sp³-hybridized carbons (Fsp3) is 0.333. The van der Waals surface area contributed by atoms with Crippen molar-refractivity contribution in [3.63, 3.8) is 0 Å². The van der Waals surface area contributed by atoms with Gasteiger partial charge in [-0.3, -0.25) is 4.98 Å². The standard InChI is InChI=1S/C18H19N3OS/c22-18(8-6-14(7-9-18)21-11-3-4-12-21)17-20-13-16(23-17)15-5-1-2-10-19-15/h1-5,10-14,22H,6-9H2. The van der Waals surface area contributed by atoms with E-state index in [4.69, 9.17) is 0 Å². The van der Waals surface area contributed by atoms with E-state index < -0.39 is 5.60 Å². The highest BCUT2D eigenvalue weighted by molar-refractivity contribution is 7.15. The number of aliphatic hydroxyl groups is 1. The summed E-state index contributed by atoms with van der Waals surface area (Å²) in [5, 5.41) is 11.9. The molecule has 0 radical (unpaired) electrons. The Balaban J connectivity index is 1.51. The molecule has 3 heterocycles. The Morgan fingerprint density at radius 2 is 1.87 bits per heavy atom. The Labute approximate surface area is 139 Å². The van der Waals surface area contributed by atoms with Gasteiger partial charge in [-0.2, -0.15) is 0 Å². The lowest BCUT2D eigenvalue weighted by molar-refractivity contribution is -0.0124. The second kappa shape index (κ2) is 5.91. The topological polar surface area (TPSA) is 50.9 Å². The monoisotopic (exact) mass is 325 g/mol. The molecule has 1 N–H and O–H groups in total. The van der Waals surface area contributed by atoms with Crippen LogP contribution in [0.25, 0.3) is 10.6 Å². The van der Waals surface area contributed by atoms with Gasteiger partial charge in [0.15, 0.2) is 0 Å². The number of thiazole rings is 1. The first kappa shape index (κ1) is 14.6. The van der Waals surface area contributed by atoms with Gasteiger partial charge in [-0.25, -0.2) is 4.98 Å². The molecule has 0 spiro atoms. The first-order valence-electron chi connectivity index (χ1n) is 7.97. The summed E-state index contributed by atoms with van der Waals surface area (Å²) < 4.78 is 2.25. The summed E-state index contributed by atoms with van der Waals surface area (Å²) in [4.78, 5) is 9.87. The van der Waals surface area contributed by atoms with E-state index in [-0.39, 0.29) is 0 Å². The highest BCUT2D eigenvalue weighted by Crippen LogP contribution is 2.43. The van der Waals surface area contributed by atoms with E-state index in [0.29, 0.717) is 6.04 Å². The Bertz CT molecular complexity index is 759. The van der Waals surface area contributed by atoms with Gasteiger partial charge in [-0.15, -0.1) is 11.3 Å². The van der Waals surface area contributed by atoms with Gasteiger partial charge in [-0.05, 0) is 49.9 Å². The maximum absolute atomic E-state index is 11.0. The molecule has 0 aliphatic heterocycles. The van der Waals surface area contributed by atoms with E-state index >= 15 is 0 Å². The maximum Gasteiger partial charge on any atom is 0.125 e. The summed E-state index contributed by atoms with van der Waals surface area (Å²) >= 11 is 1.56. The Kier molecular flexibility index (Phi) is 3.75. The molecule has 0 saturated heterocycles. The van der Waals surface area contributed by atoms with E-state index in [9.17, 15) is 5.11 Å². The Morgan fingerprint density at radius 1 is 1.09 bits per heavy atom. The number of hydrogen-bond donors (Lipinski definition) is 1. The minimum absolute atomic E-state index is 0.487. The molecule has 0 atom stereocenters. The lowest BCUT2D eigenvalue weighted by Crippen LogP contribution is -2.32. The molecule has 118 valence electrons. The summed E-state index contributed by atoms with van der Waals surface area (Å²) in [5.74, 6) is 0. The van der Waals surface area contributed by atoms with E-state index in [2.05, 4.69) is 39.1 Å². The van der Waals surface area contributed by atoms with Gasteiger partial charge < -0.3 is 9.67 Å². The zero-order chi connectivity index (χ0) is 15.7. The van der Waals surface area contributed by atoms with Crippen LogP contribution in [0.4, 0.5) is 0 Å². The summed E-state index contributed by atoms with van der Waals surface area (Å²) in [6, 6.07) is 10.5. The van der Waals surface area contributed by atoms with Crippen LogP contribution >= 0.6 is 11.3 Å². The van der Waals surface area contributed by atoms with Crippen LogP contribution in [-0.4, -0.2) is 19.6 Å². The molecule has 3 aromatic rings. The van der Waals surface area contributed by atoms with Crippen LogP contribution in [0, 0.1) is 0 Å². The zero-order valence-electron chi connectivity index (χ0n) is 12.8. The van der Waals surface area contributed by atoms with Crippen LogP contribution < -0.4 is 0 Å². The van der Waals surface area contributed by atoms with E-state index in [1.165, 1.54) is 0 Å². The van der Waals surface area contributed by atoms with Crippen molar-refractivity contribution < 1.29 is 5.11 Å². The summed E-state index contributed by atoms with van der Waals surface area (Å²) in [5.41, 5.74) is 0.127. The highest BCUT2D eigenvalue weighted by Gasteiger charge is 2.37. The van der Waals surface area contributed by atoms with Gasteiger partial charge in [0.25, 0.3) is 0 Å². The fourth-order valence-corrected chi connectivity index (χ4v) is 4.34. The van der Waals surface area contributed by atoms with Crippen molar-refractivity contribution in [2.24, 2.45) is 0 Å². The van der Waals surface area contributed by atoms with Crippen molar-refractivity contribution in [2.45, 2.75) is 37.3 Å². The molecule has 0 unspecified atom stereocenters. The molecule has 0 aromatic carbocycles. The molecule has 1 aliphatic carbocycles. The highest BCUT2D eigenvalue weighted by atomic mass is 32.1. The van der Waals surface area contributed by atoms with Crippen LogP contribution in [0.2, 0.25) is 0 Å². The molecule has 1 saturated carbocycles. The second-order valence-corrected chi connectivity index (χ2v) is 7.17. The van der Waals surface area contributed by atoms with Gasteiger partial charge >= 0.3 is 0 Å². The third-order valence-corrected chi connectivity index (χ3v) is 5.87. The third-order valence-electron chi connectivity index (χ3n) is 4.65. The van der Waals surface area contributed by atoms with Gasteiger partial charge in [0.05, 0.1) is 10.6 Å². The van der Waals surface area contributed by atoms with Gasteiger partial charge in [-0.1, -0.05) is 6.07 Å². The molecule has 3 aromatic heterocycles. The molecule has 4 nitrogen and oxygen atoms in total. The number of pyridine rings is 1.